The van der Waals surface area contributed by atoms with Crippen LogP contribution < -0.4 is 16.0 Å². The highest BCUT2D eigenvalue weighted by molar-refractivity contribution is 5.95. The van der Waals surface area contributed by atoms with E-state index in [4.69, 9.17) is 0 Å². The monoisotopic (exact) mass is 384 g/mol. The number of nitrogens with one attached hydrogen (secondary N) is 3. The van der Waals surface area contributed by atoms with Crippen molar-refractivity contribution < 1.29 is 9.59 Å². The second-order valence-electron chi connectivity index (χ2n) is 8.21. The highest BCUT2D eigenvalue weighted by Crippen LogP contribution is 2.20. The van der Waals surface area contributed by atoms with E-state index in [9.17, 15) is 14.9 Å². The van der Waals surface area contributed by atoms with Gasteiger partial charge in [-0.25, -0.2) is 0 Å². The Kier molecular flexibility index (Phi) is 7.45. The van der Waals surface area contributed by atoms with Gasteiger partial charge in [0.2, 0.25) is 5.91 Å². The lowest BCUT2D eigenvalue weighted by Crippen LogP contribution is -2.50. The first-order chi connectivity index (χ1) is 13.2. The fourth-order valence-corrected chi connectivity index (χ4v) is 3.33. The molecule has 0 heterocycles. The van der Waals surface area contributed by atoms with Gasteiger partial charge >= 0.3 is 0 Å². The molecule has 6 nitrogen and oxygen atoms in total. The molecule has 2 amide bonds. The van der Waals surface area contributed by atoms with Gasteiger partial charge in [-0.05, 0) is 56.4 Å². The second-order valence-corrected chi connectivity index (χ2v) is 8.21. The minimum absolute atomic E-state index is 0.00477. The average Bonchev–Trinajstić information content (AvgIpc) is 2.67. The molecule has 2 rings (SSSR count). The molecule has 0 radical (unpaired) electrons. The quantitative estimate of drug-likeness (QED) is 0.670. The Hall–Kier alpha value is -2.55. The Morgan fingerprint density at radius 2 is 1.93 bits per heavy atom. The number of nitrogens with zero attached hydrogens (tertiary/aromatic N) is 1. The summed E-state index contributed by atoms with van der Waals surface area (Å²) >= 11 is 0. The fraction of sp³-hybridized carbons (Fsp3) is 0.591. The average molecular weight is 385 g/mol. The highest BCUT2D eigenvalue weighted by atomic mass is 16.2. The molecule has 6 heteroatoms. The van der Waals surface area contributed by atoms with Gasteiger partial charge < -0.3 is 16.0 Å². The van der Waals surface area contributed by atoms with Crippen molar-refractivity contribution in [1.82, 2.24) is 10.6 Å². The fourth-order valence-electron chi connectivity index (χ4n) is 3.33. The normalized spacial score (nSPS) is 16.7. The lowest BCUT2D eigenvalue weighted by Gasteiger charge is -2.27. The van der Waals surface area contributed by atoms with Gasteiger partial charge in [0, 0.05) is 17.3 Å². The predicted octanol–water partition coefficient (Wildman–Crippen LogP) is 3.52. The largest absolute Gasteiger partial charge is 0.376 e. The number of benzene rings is 1. The first-order valence-corrected chi connectivity index (χ1v) is 10.1. The number of rotatable bonds is 7. The Morgan fingerprint density at radius 1 is 1.25 bits per heavy atom. The Morgan fingerprint density at radius 3 is 2.50 bits per heavy atom. The minimum Gasteiger partial charge on any atom is -0.376 e. The van der Waals surface area contributed by atoms with Crippen molar-refractivity contribution in [2.45, 2.75) is 71.4 Å². The van der Waals surface area contributed by atoms with Crippen molar-refractivity contribution in [3.8, 4) is 6.07 Å². The van der Waals surface area contributed by atoms with Crippen LogP contribution in [0.4, 0.5) is 5.69 Å². The van der Waals surface area contributed by atoms with Gasteiger partial charge in [-0.2, -0.15) is 5.26 Å². The molecule has 1 aliphatic carbocycles. The molecule has 0 saturated heterocycles. The van der Waals surface area contributed by atoms with Crippen LogP contribution >= 0.6 is 0 Å². The lowest BCUT2D eigenvalue weighted by molar-refractivity contribution is -0.121. The summed E-state index contributed by atoms with van der Waals surface area (Å²) < 4.78 is 0. The number of carbonyl (C=O) groups is 2. The minimum atomic E-state index is -0.894. The summed E-state index contributed by atoms with van der Waals surface area (Å²) in [4.78, 5) is 24.7. The summed E-state index contributed by atoms with van der Waals surface area (Å²) in [6.07, 6.45) is 5.71. The first-order valence-electron chi connectivity index (χ1n) is 10.1. The number of anilines is 1. The maximum Gasteiger partial charge on any atom is 0.251 e. The first kappa shape index (κ1) is 21.7. The van der Waals surface area contributed by atoms with E-state index in [0.717, 1.165) is 24.1 Å². The van der Waals surface area contributed by atoms with Crippen LogP contribution in [-0.2, 0) is 4.79 Å². The molecular weight excluding hydrogens is 352 g/mol. The molecular formula is C22H32N4O2. The molecule has 1 atom stereocenters. The number of amides is 2. The number of nitriles is 1. The van der Waals surface area contributed by atoms with Crippen LogP contribution in [0.2, 0.25) is 0 Å². The maximum absolute atomic E-state index is 12.5. The third kappa shape index (κ3) is 5.72. The smallest absolute Gasteiger partial charge is 0.251 e. The maximum atomic E-state index is 12.5. The Bertz CT molecular complexity index is 747. The topological polar surface area (TPSA) is 94.0 Å². The Labute approximate surface area is 168 Å². The zero-order valence-electron chi connectivity index (χ0n) is 17.4. The highest BCUT2D eigenvalue weighted by Gasteiger charge is 2.29. The van der Waals surface area contributed by atoms with Crippen LogP contribution in [0.5, 0.6) is 0 Å². The van der Waals surface area contributed by atoms with Crippen molar-refractivity contribution in [2.24, 2.45) is 5.92 Å². The van der Waals surface area contributed by atoms with Crippen LogP contribution in [0.1, 0.15) is 68.8 Å². The van der Waals surface area contributed by atoms with Crippen molar-refractivity contribution in [3.63, 3.8) is 0 Å². The summed E-state index contributed by atoms with van der Waals surface area (Å²) in [7, 11) is 0. The molecule has 0 aliphatic heterocycles. The molecule has 1 aromatic carbocycles. The van der Waals surface area contributed by atoms with Gasteiger partial charge in [-0.15, -0.1) is 0 Å². The molecule has 152 valence electrons. The van der Waals surface area contributed by atoms with Gasteiger partial charge in [-0.1, -0.05) is 33.1 Å². The zero-order chi connectivity index (χ0) is 20.7. The third-order valence-electron chi connectivity index (χ3n) is 5.65. The molecule has 0 aromatic heterocycles. The summed E-state index contributed by atoms with van der Waals surface area (Å²) in [6.45, 7) is 7.50. The molecule has 1 saturated carbocycles. The number of carbonyl (C=O) groups excluding carboxylic acids is 2. The zero-order valence-corrected chi connectivity index (χ0v) is 17.4. The van der Waals surface area contributed by atoms with Crippen molar-refractivity contribution in [2.75, 3.05) is 11.9 Å². The van der Waals surface area contributed by atoms with Crippen LogP contribution in [0.3, 0.4) is 0 Å². The molecule has 1 aromatic rings. The van der Waals surface area contributed by atoms with E-state index in [0.29, 0.717) is 5.56 Å². The van der Waals surface area contributed by atoms with E-state index >= 15 is 0 Å². The van der Waals surface area contributed by atoms with Crippen LogP contribution in [0.15, 0.2) is 18.2 Å². The summed E-state index contributed by atoms with van der Waals surface area (Å²) in [6, 6.07) is 7.88. The second kappa shape index (κ2) is 9.59. The van der Waals surface area contributed by atoms with E-state index < -0.39 is 5.54 Å². The summed E-state index contributed by atoms with van der Waals surface area (Å²) in [5.41, 5.74) is 1.44. The van der Waals surface area contributed by atoms with Gasteiger partial charge in [0.15, 0.2) is 0 Å². The molecule has 3 N–H and O–H groups in total. The third-order valence-corrected chi connectivity index (χ3v) is 5.65. The molecule has 0 spiro atoms. The van der Waals surface area contributed by atoms with E-state index in [1.165, 1.54) is 19.3 Å². The van der Waals surface area contributed by atoms with Crippen LogP contribution in [-0.4, -0.2) is 29.9 Å². The van der Waals surface area contributed by atoms with E-state index in [-0.39, 0.29) is 30.3 Å². The lowest BCUT2D eigenvalue weighted by atomic mass is 9.90. The standard InChI is InChI=1S/C22H32N4O2/c1-15(2)22(4,14-23)26-20(27)13-24-19-11-10-17(12-16(19)3)21(28)25-18-8-6-5-7-9-18/h10-12,15,18,24H,5-9,13H2,1-4H3,(H,25,28)(H,26,27). The van der Waals surface area contributed by atoms with E-state index in [1.807, 2.05) is 32.9 Å². The molecule has 0 bridgehead atoms. The van der Waals surface area contributed by atoms with Crippen LogP contribution in [0, 0.1) is 24.2 Å². The van der Waals surface area contributed by atoms with Gasteiger partial charge in [0.1, 0.15) is 5.54 Å². The van der Waals surface area contributed by atoms with Gasteiger partial charge in [-0.3, -0.25) is 9.59 Å². The predicted molar refractivity (Wildman–Crippen MR) is 111 cm³/mol. The Balaban J connectivity index is 1.92. The molecule has 1 fully saturated rings. The SMILES string of the molecule is Cc1cc(C(=O)NC2CCCCC2)ccc1NCC(=O)NC(C)(C#N)C(C)C. The molecule has 28 heavy (non-hydrogen) atoms. The summed E-state index contributed by atoms with van der Waals surface area (Å²) in [5, 5.41) is 18.3. The van der Waals surface area contributed by atoms with Crippen molar-refractivity contribution >= 4 is 17.5 Å². The van der Waals surface area contributed by atoms with Crippen LogP contribution in [0.25, 0.3) is 0 Å². The van der Waals surface area contributed by atoms with Crippen molar-refractivity contribution in [3.05, 3.63) is 29.3 Å². The molecule has 1 aliphatic rings. The molecule has 1 unspecified atom stereocenters. The number of hydrogen-bond acceptors (Lipinski definition) is 4. The van der Waals surface area contributed by atoms with E-state index in [1.54, 1.807) is 13.0 Å². The van der Waals surface area contributed by atoms with Crippen molar-refractivity contribution in [1.29, 1.82) is 5.26 Å². The number of hydrogen-bond donors (Lipinski definition) is 3. The van der Waals surface area contributed by atoms with E-state index in [2.05, 4.69) is 22.0 Å². The summed E-state index contributed by atoms with van der Waals surface area (Å²) in [5.74, 6) is -0.276. The number of aryl methyl sites for hydroxylation is 1. The van der Waals surface area contributed by atoms with Gasteiger partial charge in [0.25, 0.3) is 5.91 Å². The van der Waals surface area contributed by atoms with Gasteiger partial charge in [0.05, 0.1) is 12.6 Å².